The second kappa shape index (κ2) is 4.87. The van der Waals surface area contributed by atoms with Crippen LogP contribution in [-0.4, -0.2) is 47.3 Å². The van der Waals surface area contributed by atoms with Crippen LogP contribution in [0.25, 0.3) is 0 Å². The van der Waals surface area contributed by atoms with Crippen LogP contribution >= 0.6 is 0 Å². The van der Waals surface area contributed by atoms with E-state index in [0.29, 0.717) is 6.04 Å². The van der Waals surface area contributed by atoms with Crippen LogP contribution < -0.4 is 5.32 Å². The average Bonchev–Trinajstić information content (AvgIpc) is 2.95. The number of nitrogens with zero attached hydrogens (tertiary/aromatic N) is 1. The van der Waals surface area contributed by atoms with Gasteiger partial charge in [-0.25, -0.2) is 0 Å². The second-order valence-corrected chi connectivity index (χ2v) is 6.45. The van der Waals surface area contributed by atoms with Crippen molar-refractivity contribution in [2.75, 3.05) is 13.1 Å². The minimum atomic E-state index is -0.0211. The van der Waals surface area contributed by atoms with Crippen molar-refractivity contribution < 1.29 is 5.11 Å². The smallest absolute Gasteiger partial charge is 0.0543 e. The monoisotopic (exact) mass is 238 g/mol. The van der Waals surface area contributed by atoms with E-state index in [9.17, 15) is 5.11 Å². The van der Waals surface area contributed by atoms with Gasteiger partial charge < -0.3 is 10.4 Å². The topological polar surface area (TPSA) is 35.5 Å². The first-order valence-corrected chi connectivity index (χ1v) is 7.39. The standard InChI is InChI=1S/C14H26N2O/c1-10-6-12(9-16(10)13-3-4-13)15-8-11-2-5-14(17)7-11/h10-15,17H,2-9H2,1H3. The number of rotatable bonds is 4. The lowest BCUT2D eigenvalue weighted by molar-refractivity contribution is 0.177. The lowest BCUT2D eigenvalue weighted by Gasteiger charge is -2.20. The first kappa shape index (κ1) is 11.9. The lowest BCUT2D eigenvalue weighted by atomic mass is 10.1. The minimum Gasteiger partial charge on any atom is -0.393 e. The van der Waals surface area contributed by atoms with E-state index in [1.807, 2.05) is 0 Å². The maximum atomic E-state index is 9.52. The Morgan fingerprint density at radius 1 is 1.18 bits per heavy atom. The van der Waals surface area contributed by atoms with E-state index in [2.05, 4.69) is 17.1 Å². The van der Waals surface area contributed by atoms with Crippen molar-refractivity contribution in [3.63, 3.8) is 0 Å². The molecule has 2 aliphatic carbocycles. The number of hydrogen-bond donors (Lipinski definition) is 2. The number of likely N-dealkylation sites (tertiary alicyclic amines) is 1. The van der Waals surface area contributed by atoms with Crippen LogP contribution in [0.3, 0.4) is 0 Å². The highest BCUT2D eigenvalue weighted by Crippen LogP contribution is 2.33. The zero-order chi connectivity index (χ0) is 11.8. The van der Waals surface area contributed by atoms with Gasteiger partial charge in [0.15, 0.2) is 0 Å². The highest BCUT2D eigenvalue weighted by Gasteiger charge is 2.38. The van der Waals surface area contributed by atoms with Gasteiger partial charge in [0.05, 0.1) is 6.10 Å². The Bertz CT molecular complexity index is 267. The van der Waals surface area contributed by atoms with E-state index in [0.717, 1.165) is 37.4 Å². The van der Waals surface area contributed by atoms with E-state index in [4.69, 9.17) is 0 Å². The first-order valence-electron chi connectivity index (χ1n) is 7.39. The van der Waals surface area contributed by atoms with Crippen molar-refractivity contribution in [1.82, 2.24) is 10.2 Å². The predicted octanol–water partition coefficient (Wildman–Crippen LogP) is 1.36. The summed E-state index contributed by atoms with van der Waals surface area (Å²) in [4.78, 5) is 2.70. The molecule has 3 rings (SSSR count). The Labute approximate surface area is 105 Å². The summed E-state index contributed by atoms with van der Waals surface area (Å²) >= 11 is 0. The molecule has 3 fully saturated rings. The first-order chi connectivity index (χ1) is 8.22. The Morgan fingerprint density at radius 3 is 2.65 bits per heavy atom. The summed E-state index contributed by atoms with van der Waals surface area (Å²) in [6.07, 6.45) is 7.38. The fourth-order valence-electron chi connectivity index (χ4n) is 3.69. The quantitative estimate of drug-likeness (QED) is 0.776. The van der Waals surface area contributed by atoms with Crippen LogP contribution in [0.4, 0.5) is 0 Å². The molecule has 1 aliphatic heterocycles. The molecule has 0 bridgehead atoms. The summed E-state index contributed by atoms with van der Waals surface area (Å²) in [5.74, 6) is 0.718. The molecule has 0 aromatic carbocycles. The number of hydrogen-bond acceptors (Lipinski definition) is 3. The van der Waals surface area contributed by atoms with Gasteiger partial charge in [0.2, 0.25) is 0 Å². The number of aliphatic hydroxyl groups excluding tert-OH is 1. The van der Waals surface area contributed by atoms with Gasteiger partial charge in [-0.1, -0.05) is 0 Å². The fraction of sp³-hybridized carbons (Fsp3) is 1.00. The molecule has 0 amide bonds. The molecule has 0 aromatic heterocycles. The average molecular weight is 238 g/mol. The lowest BCUT2D eigenvalue weighted by Crippen LogP contribution is -2.36. The van der Waals surface area contributed by atoms with Gasteiger partial charge in [-0.15, -0.1) is 0 Å². The van der Waals surface area contributed by atoms with Gasteiger partial charge in [0.1, 0.15) is 0 Å². The molecule has 3 nitrogen and oxygen atoms in total. The largest absolute Gasteiger partial charge is 0.393 e. The molecule has 0 radical (unpaired) electrons. The summed E-state index contributed by atoms with van der Waals surface area (Å²) < 4.78 is 0. The summed E-state index contributed by atoms with van der Waals surface area (Å²) in [5, 5.41) is 13.3. The van der Waals surface area contributed by atoms with Crippen molar-refractivity contribution in [2.24, 2.45) is 5.92 Å². The van der Waals surface area contributed by atoms with Crippen molar-refractivity contribution in [2.45, 2.75) is 69.7 Å². The molecular formula is C14H26N2O. The van der Waals surface area contributed by atoms with Gasteiger partial charge in [-0.3, -0.25) is 4.90 Å². The van der Waals surface area contributed by atoms with Gasteiger partial charge in [0, 0.05) is 24.7 Å². The van der Waals surface area contributed by atoms with Crippen LogP contribution in [-0.2, 0) is 0 Å². The minimum absolute atomic E-state index is 0.0211. The van der Waals surface area contributed by atoms with E-state index in [1.165, 1.54) is 32.2 Å². The van der Waals surface area contributed by atoms with E-state index in [1.54, 1.807) is 0 Å². The van der Waals surface area contributed by atoms with Crippen molar-refractivity contribution in [3.8, 4) is 0 Å². The maximum absolute atomic E-state index is 9.52. The molecule has 4 unspecified atom stereocenters. The fourth-order valence-corrected chi connectivity index (χ4v) is 3.69. The van der Waals surface area contributed by atoms with Crippen LogP contribution in [0.5, 0.6) is 0 Å². The van der Waals surface area contributed by atoms with Gasteiger partial charge in [-0.05, 0) is 57.9 Å². The molecule has 0 spiro atoms. The number of nitrogens with one attached hydrogen (secondary N) is 1. The Balaban J connectivity index is 1.41. The van der Waals surface area contributed by atoms with Crippen LogP contribution in [0.1, 0.15) is 45.4 Å². The van der Waals surface area contributed by atoms with E-state index >= 15 is 0 Å². The highest BCUT2D eigenvalue weighted by molar-refractivity contribution is 4.96. The predicted molar refractivity (Wildman–Crippen MR) is 68.9 cm³/mol. The number of aliphatic hydroxyl groups is 1. The Morgan fingerprint density at radius 2 is 2.00 bits per heavy atom. The van der Waals surface area contributed by atoms with E-state index in [-0.39, 0.29) is 6.10 Å². The van der Waals surface area contributed by atoms with Crippen LogP contribution in [0.2, 0.25) is 0 Å². The molecule has 98 valence electrons. The Kier molecular flexibility index (Phi) is 3.42. The zero-order valence-corrected chi connectivity index (χ0v) is 10.9. The van der Waals surface area contributed by atoms with Crippen LogP contribution in [0.15, 0.2) is 0 Å². The molecule has 2 N–H and O–H groups in total. The molecule has 2 saturated carbocycles. The van der Waals surface area contributed by atoms with Gasteiger partial charge in [0.25, 0.3) is 0 Å². The molecule has 3 heteroatoms. The molecule has 4 atom stereocenters. The summed E-state index contributed by atoms with van der Waals surface area (Å²) in [7, 11) is 0. The SMILES string of the molecule is CC1CC(NCC2CCC(O)C2)CN1C1CC1. The molecule has 1 heterocycles. The van der Waals surface area contributed by atoms with Crippen molar-refractivity contribution in [3.05, 3.63) is 0 Å². The third kappa shape index (κ3) is 2.83. The Hall–Kier alpha value is -0.120. The van der Waals surface area contributed by atoms with Gasteiger partial charge >= 0.3 is 0 Å². The summed E-state index contributed by atoms with van der Waals surface area (Å²) in [6, 6.07) is 2.38. The third-order valence-electron chi connectivity index (χ3n) is 4.85. The normalized spacial score (nSPS) is 43.4. The second-order valence-electron chi connectivity index (χ2n) is 6.45. The maximum Gasteiger partial charge on any atom is 0.0543 e. The molecule has 3 aliphatic rings. The zero-order valence-electron chi connectivity index (χ0n) is 10.9. The molecular weight excluding hydrogens is 212 g/mol. The van der Waals surface area contributed by atoms with Crippen molar-refractivity contribution in [1.29, 1.82) is 0 Å². The molecule has 0 aromatic rings. The highest BCUT2D eigenvalue weighted by atomic mass is 16.3. The molecule has 17 heavy (non-hydrogen) atoms. The third-order valence-corrected chi connectivity index (χ3v) is 4.85. The summed E-state index contributed by atoms with van der Waals surface area (Å²) in [5.41, 5.74) is 0. The van der Waals surface area contributed by atoms with Gasteiger partial charge in [-0.2, -0.15) is 0 Å². The van der Waals surface area contributed by atoms with Crippen molar-refractivity contribution >= 4 is 0 Å². The molecule has 1 saturated heterocycles. The van der Waals surface area contributed by atoms with E-state index < -0.39 is 0 Å². The van der Waals surface area contributed by atoms with Crippen LogP contribution in [0, 0.1) is 5.92 Å². The summed E-state index contributed by atoms with van der Waals surface area (Å²) in [6.45, 7) is 4.74.